The number of piperidine rings is 1. The van der Waals surface area contributed by atoms with Crippen molar-refractivity contribution in [1.29, 1.82) is 0 Å². The number of nitro groups is 1. The predicted octanol–water partition coefficient (Wildman–Crippen LogP) is 3.80. The van der Waals surface area contributed by atoms with E-state index >= 15 is 0 Å². The van der Waals surface area contributed by atoms with Gasteiger partial charge in [0.25, 0.3) is 11.6 Å². The standard InChI is InChI=1S/C21H24N4O3/c26-21(24-12-2-1-3-13-24)16-6-4-15(5-7-16)14-23-20-17-10-11-22-18(17)8-9-19(20)25(27)28/h4-9,22-23H,1-3,10-14H2. The van der Waals surface area contributed by atoms with E-state index in [9.17, 15) is 14.9 Å². The molecule has 7 nitrogen and oxygen atoms in total. The molecule has 2 heterocycles. The molecule has 7 heteroatoms. The smallest absolute Gasteiger partial charge is 0.292 e. The highest BCUT2D eigenvalue weighted by Crippen LogP contribution is 2.37. The van der Waals surface area contributed by atoms with Crippen LogP contribution in [0.3, 0.4) is 0 Å². The van der Waals surface area contributed by atoms with Gasteiger partial charge in [-0.15, -0.1) is 0 Å². The molecule has 2 aliphatic heterocycles. The molecule has 0 radical (unpaired) electrons. The third-order valence-electron chi connectivity index (χ3n) is 5.49. The lowest BCUT2D eigenvalue weighted by molar-refractivity contribution is -0.384. The molecule has 2 aromatic carbocycles. The fourth-order valence-corrected chi connectivity index (χ4v) is 3.97. The van der Waals surface area contributed by atoms with Gasteiger partial charge in [0.1, 0.15) is 5.69 Å². The number of amides is 1. The van der Waals surface area contributed by atoms with E-state index in [-0.39, 0.29) is 16.5 Å². The van der Waals surface area contributed by atoms with Gasteiger partial charge in [-0.3, -0.25) is 14.9 Å². The number of nitrogens with zero attached hydrogens (tertiary/aromatic N) is 2. The summed E-state index contributed by atoms with van der Waals surface area (Å²) in [6.45, 7) is 2.92. The van der Waals surface area contributed by atoms with Crippen LogP contribution >= 0.6 is 0 Å². The molecule has 1 saturated heterocycles. The van der Waals surface area contributed by atoms with Gasteiger partial charge in [-0.2, -0.15) is 0 Å². The first-order chi connectivity index (χ1) is 13.6. The fourth-order valence-electron chi connectivity index (χ4n) is 3.97. The van der Waals surface area contributed by atoms with Crippen LogP contribution in [0.2, 0.25) is 0 Å². The van der Waals surface area contributed by atoms with E-state index in [4.69, 9.17) is 0 Å². The normalized spacial score (nSPS) is 15.6. The van der Waals surface area contributed by atoms with E-state index < -0.39 is 0 Å². The van der Waals surface area contributed by atoms with Crippen LogP contribution in [0.25, 0.3) is 0 Å². The number of fused-ring (bicyclic) bond motifs is 1. The quantitative estimate of drug-likeness (QED) is 0.608. The van der Waals surface area contributed by atoms with Crippen molar-refractivity contribution in [2.75, 3.05) is 30.3 Å². The maximum absolute atomic E-state index is 12.6. The second-order valence-electron chi connectivity index (χ2n) is 7.32. The summed E-state index contributed by atoms with van der Waals surface area (Å²) in [5.41, 5.74) is 4.27. The lowest BCUT2D eigenvalue weighted by atomic mass is 10.1. The maximum atomic E-state index is 12.6. The van der Waals surface area contributed by atoms with Crippen LogP contribution in [-0.2, 0) is 13.0 Å². The van der Waals surface area contributed by atoms with Gasteiger partial charge in [-0.1, -0.05) is 12.1 Å². The summed E-state index contributed by atoms with van der Waals surface area (Å²) < 4.78 is 0. The van der Waals surface area contributed by atoms with Crippen molar-refractivity contribution >= 4 is 23.0 Å². The summed E-state index contributed by atoms with van der Waals surface area (Å²) in [4.78, 5) is 25.5. The molecule has 1 fully saturated rings. The van der Waals surface area contributed by atoms with Crippen molar-refractivity contribution in [3.63, 3.8) is 0 Å². The first kappa shape index (κ1) is 18.3. The fraction of sp³-hybridized carbons (Fsp3) is 0.381. The summed E-state index contributed by atoms with van der Waals surface area (Å²) in [5, 5.41) is 17.9. The third kappa shape index (κ3) is 3.65. The van der Waals surface area contributed by atoms with Crippen molar-refractivity contribution in [2.24, 2.45) is 0 Å². The van der Waals surface area contributed by atoms with E-state index in [1.165, 1.54) is 6.42 Å². The molecule has 0 unspecified atom stereocenters. The van der Waals surface area contributed by atoms with Gasteiger partial charge in [-0.25, -0.2) is 0 Å². The van der Waals surface area contributed by atoms with Crippen LogP contribution < -0.4 is 10.6 Å². The molecule has 4 rings (SSSR count). The second kappa shape index (κ2) is 7.88. The van der Waals surface area contributed by atoms with Gasteiger partial charge in [0, 0.05) is 49.1 Å². The number of likely N-dealkylation sites (tertiary alicyclic amines) is 1. The Balaban J connectivity index is 1.47. The summed E-state index contributed by atoms with van der Waals surface area (Å²) >= 11 is 0. The molecule has 0 atom stereocenters. The molecule has 0 spiro atoms. The van der Waals surface area contributed by atoms with Crippen molar-refractivity contribution < 1.29 is 9.72 Å². The highest BCUT2D eigenvalue weighted by molar-refractivity contribution is 5.94. The van der Waals surface area contributed by atoms with E-state index in [1.54, 1.807) is 12.1 Å². The topological polar surface area (TPSA) is 87.5 Å². The number of carbonyl (C=O) groups is 1. The molecule has 0 aliphatic carbocycles. The first-order valence-corrected chi connectivity index (χ1v) is 9.80. The molecular weight excluding hydrogens is 356 g/mol. The second-order valence-corrected chi connectivity index (χ2v) is 7.32. The molecule has 0 bridgehead atoms. The Morgan fingerprint density at radius 3 is 2.57 bits per heavy atom. The van der Waals surface area contributed by atoms with E-state index in [1.807, 2.05) is 29.2 Å². The summed E-state index contributed by atoms with van der Waals surface area (Å²) in [6, 6.07) is 10.8. The number of hydrogen-bond acceptors (Lipinski definition) is 5. The Labute approximate surface area is 163 Å². The largest absolute Gasteiger partial charge is 0.384 e. The number of rotatable bonds is 5. The number of benzene rings is 2. The van der Waals surface area contributed by atoms with Gasteiger partial charge in [0.15, 0.2) is 0 Å². The number of nitrogens with one attached hydrogen (secondary N) is 2. The van der Waals surface area contributed by atoms with Gasteiger partial charge < -0.3 is 15.5 Å². The van der Waals surface area contributed by atoms with Gasteiger partial charge in [0.2, 0.25) is 0 Å². The van der Waals surface area contributed by atoms with Gasteiger partial charge >= 0.3 is 0 Å². The zero-order valence-corrected chi connectivity index (χ0v) is 15.7. The number of anilines is 2. The van der Waals surface area contributed by atoms with E-state index in [0.29, 0.717) is 17.8 Å². The van der Waals surface area contributed by atoms with Crippen molar-refractivity contribution in [3.05, 3.63) is 63.2 Å². The summed E-state index contributed by atoms with van der Waals surface area (Å²) in [6.07, 6.45) is 4.10. The molecule has 1 amide bonds. The molecule has 2 aliphatic rings. The third-order valence-corrected chi connectivity index (χ3v) is 5.49. The van der Waals surface area contributed by atoms with Crippen LogP contribution in [0.4, 0.5) is 17.1 Å². The summed E-state index contributed by atoms with van der Waals surface area (Å²) in [7, 11) is 0. The van der Waals surface area contributed by atoms with Crippen LogP contribution in [0, 0.1) is 10.1 Å². The SMILES string of the molecule is O=C(c1ccc(CNc2c([N+](=O)[O-])ccc3c2CCN3)cc1)N1CCCCC1. The minimum Gasteiger partial charge on any atom is -0.384 e. The number of hydrogen-bond donors (Lipinski definition) is 2. The Morgan fingerprint density at radius 2 is 1.86 bits per heavy atom. The van der Waals surface area contributed by atoms with Crippen molar-refractivity contribution in [1.82, 2.24) is 4.90 Å². The Morgan fingerprint density at radius 1 is 1.11 bits per heavy atom. The van der Waals surface area contributed by atoms with E-state index in [2.05, 4.69) is 10.6 Å². The van der Waals surface area contributed by atoms with Crippen LogP contribution in [0.1, 0.15) is 40.7 Å². The van der Waals surface area contributed by atoms with Crippen LogP contribution in [0.15, 0.2) is 36.4 Å². The number of nitro benzene ring substituents is 1. The zero-order chi connectivity index (χ0) is 19.5. The number of carbonyl (C=O) groups excluding carboxylic acids is 1. The van der Waals surface area contributed by atoms with E-state index in [0.717, 1.165) is 55.7 Å². The minimum absolute atomic E-state index is 0.0850. The average Bonchev–Trinajstić information content (AvgIpc) is 3.21. The average molecular weight is 380 g/mol. The van der Waals surface area contributed by atoms with Gasteiger partial charge in [-0.05, 0) is 49.4 Å². The molecular formula is C21H24N4O3. The highest BCUT2D eigenvalue weighted by atomic mass is 16.6. The molecule has 28 heavy (non-hydrogen) atoms. The highest BCUT2D eigenvalue weighted by Gasteiger charge is 2.23. The molecule has 2 N–H and O–H groups in total. The van der Waals surface area contributed by atoms with Crippen LogP contribution in [-0.4, -0.2) is 35.4 Å². The van der Waals surface area contributed by atoms with Crippen molar-refractivity contribution in [2.45, 2.75) is 32.2 Å². The van der Waals surface area contributed by atoms with Gasteiger partial charge in [0.05, 0.1) is 4.92 Å². The van der Waals surface area contributed by atoms with Crippen molar-refractivity contribution in [3.8, 4) is 0 Å². The summed E-state index contributed by atoms with van der Waals surface area (Å²) in [5.74, 6) is 0.0850. The first-order valence-electron chi connectivity index (χ1n) is 9.80. The Hall–Kier alpha value is -3.09. The van der Waals surface area contributed by atoms with Crippen LogP contribution in [0.5, 0.6) is 0 Å². The lowest BCUT2D eigenvalue weighted by Gasteiger charge is -2.26. The predicted molar refractivity (Wildman–Crippen MR) is 109 cm³/mol. The molecule has 2 aromatic rings. The monoisotopic (exact) mass is 380 g/mol. The minimum atomic E-state index is -0.346. The molecule has 0 aromatic heterocycles. The lowest BCUT2D eigenvalue weighted by Crippen LogP contribution is -2.35. The molecule has 0 saturated carbocycles. The Kier molecular flexibility index (Phi) is 5.14. The Bertz CT molecular complexity index is 889. The maximum Gasteiger partial charge on any atom is 0.292 e. The molecule has 146 valence electrons. The zero-order valence-electron chi connectivity index (χ0n) is 15.7.